The first kappa shape index (κ1) is 12.0. The van der Waals surface area contributed by atoms with E-state index in [0.29, 0.717) is 0 Å². The van der Waals surface area contributed by atoms with Crippen molar-refractivity contribution in [1.29, 1.82) is 0 Å². The zero-order valence-electron chi connectivity index (χ0n) is 8.73. The summed E-state index contributed by atoms with van der Waals surface area (Å²) in [6, 6.07) is 6.04. The van der Waals surface area contributed by atoms with Gasteiger partial charge in [0.15, 0.2) is 0 Å². The van der Waals surface area contributed by atoms with E-state index in [1.165, 1.54) is 16.8 Å². The molecular formula is C11H9FIN3O. The number of rotatable bonds is 3. The van der Waals surface area contributed by atoms with Crippen molar-refractivity contribution in [3.05, 3.63) is 46.0 Å². The topological polar surface area (TPSA) is 46.9 Å². The Balaban J connectivity index is 2.01. The third-order valence-electron chi connectivity index (χ3n) is 2.06. The van der Waals surface area contributed by atoms with Gasteiger partial charge in [0.05, 0.1) is 15.5 Å². The summed E-state index contributed by atoms with van der Waals surface area (Å²) in [5.74, 6) is -0.759. The first-order chi connectivity index (χ1) is 8.15. The van der Waals surface area contributed by atoms with Gasteiger partial charge in [-0.15, -0.1) is 0 Å². The number of hydrogen-bond acceptors (Lipinski definition) is 2. The van der Waals surface area contributed by atoms with Gasteiger partial charge in [0, 0.05) is 6.20 Å². The molecule has 1 N–H and O–H groups in total. The monoisotopic (exact) mass is 345 g/mol. The summed E-state index contributed by atoms with van der Waals surface area (Å²) in [6.07, 6.45) is 3.39. The average Bonchev–Trinajstić information content (AvgIpc) is 2.67. The van der Waals surface area contributed by atoms with Crippen molar-refractivity contribution >= 4 is 34.2 Å². The number of benzene rings is 1. The Bertz CT molecular complexity index is 541. The van der Waals surface area contributed by atoms with E-state index < -0.39 is 5.82 Å². The Morgan fingerprint density at radius 3 is 2.88 bits per heavy atom. The second kappa shape index (κ2) is 5.26. The minimum Gasteiger partial charge on any atom is -0.322 e. The first-order valence-electron chi connectivity index (χ1n) is 4.87. The van der Waals surface area contributed by atoms with Crippen LogP contribution in [-0.4, -0.2) is 15.7 Å². The molecule has 0 saturated carbocycles. The van der Waals surface area contributed by atoms with Crippen molar-refractivity contribution in [2.24, 2.45) is 0 Å². The standard InChI is InChI=1S/C11H9FIN3O/c12-9-3-1-2-4-10(9)15-11(17)7-16-6-8(13)5-14-16/h1-6H,7H2,(H,15,17). The molecule has 2 rings (SSSR count). The van der Waals surface area contributed by atoms with E-state index >= 15 is 0 Å². The smallest absolute Gasteiger partial charge is 0.246 e. The number of nitrogens with zero attached hydrogens (tertiary/aromatic N) is 2. The molecule has 0 fully saturated rings. The summed E-state index contributed by atoms with van der Waals surface area (Å²) < 4.78 is 15.7. The average molecular weight is 345 g/mol. The maximum Gasteiger partial charge on any atom is 0.246 e. The molecule has 0 atom stereocenters. The molecule has 0 aliphatic carbocycles. The van der Waals surface area contributed by atoms with Gasteiger partial charge in [-0.05, 0) is 34.7 Å². The Morgan fingerprint density at radius 2 is 2.24 bits per heavy atom. The number of hydrogen-bond donors (Lipinski definition) is 1. The fourth-order valence-electron chi connectivity index (χ4n) is 1.32. The SMILES string of the molecule is O=C(Cn1cc(I)cn1)Nc1ccccc1F. The van der Waals surface area contributed by atoms with Crippen LogP contribution >= 0.6 is 22.6 Å². The highest BCUT2D eigenvalue weighted by Gasteiger charge is 2.07. The number of carbonyl (C=O) groups is 1. The normalized spacial score (nSPS) is 10.2. The van der Waals surface area contributed by atoms with E-state index in [9.17, 15) is 9.18 Å². The first-order valence-corrected chi connectivity index (χ1v) is 5.95. The van der Waals surface area contributed by atoms with Crippen LogP contribution in [0.3, 0.4) is 0 Å². The highest BCUT2D eigenvalue weighted by atomic mass is 127. The zero-order chi connectivity index (χ0) is 12.3. The maximum absolute atomic E-state index is 13.3. The number of carbonyl (C=O) groups excluding carboxylic acids is 1. The van der Waals surface area contributed by atoms with Crippen LogP contribution in [0.25, 0.3) is 0 Å². The molecule has 4 nitrogen and oxygen atoms in total. The van der Waals surface area contributed by atoms with Crippen LogP contribution < -0.4 is 5.32 Å². The van der Waals surface area contributed by atoms with Gasteiger partial charge in [0.25, 0.3) is 0 Å². The van der Waals surface area contributed by atoms with Crippen molar-refractivity contribution in [1.82, 2.24) is 9.78 Å². The molecule has 0 spiro atoms. The highest BCUT2D eigenvalue weighted by molar-refractivity contribution is 14.1. The van der Waals surface area contributed by atoms with Crippen LogP contribution in [0.1, 0.15) is 0 Å². The van der Waals surface area contributed by atoms with Crippen LogP contribution in [0.4, 0.5) is 10.1 Å². The second-order valence-electron chi connectivity index (χ2n) is 3.38. The van der Waals surface area contributed by atoms with Crippen molar-refractivity contribution in [2.45, 2.75) is 6.54 Å². The van der Waals surface area contributed by atoms with Crippen molar-refractivity contribution < 1.29 is 9.18 Å². The van der Waals surface area contributed by atoms with Gasteiger partial charge in [0.1, 0.15) is 12.4 Å². The van der Waals surface area contributed by atoms with Crippen LogP contribution in [0, 0.1) is 9.39 Å². The molecule has 0 bridgehead atoms. The largest absolute Gasteiger partial charge is 0.322 e. The van der Waals surface area contributed by atoms with E-state index in [0.717, 1.165) is 3.57 Å². The fourth-order valence-corrected chi connectivity index (χ4v) is 1.77. The van der Waals surface area contributed by atoms with Gasteiger partial charge in [-0.3, -0.25) is 9.48 Å². The van der Waals surface area contributed by atoms with Crippen LogP contribution in [0.2, 0.25) is 0 Å². The lowest BCUT2D eigenvalue weighted by Crippen LogP contribution is -2.19. The van der Waals surface area contributed by atoms with E-state index in [4.69, 9.17) is 0 Å². The number of anilines is 1. The maximum atomic E-state index is 13.3. The Hall–Kier alpha value is -1.44. The Morgan fingerprint density at radius 1 is 1.47 bits per heavy atom. The van der Waals surface area contributed by atoms with Gasteiger partial charge in [-0.25, -0.2) is 4.39 Å². The molecule has 0 saturated heterocycles. The molecule has 1 aromatic carbocycles. The summed E-state index contributed by atoms with van der Waals surface area (Å²) in [5, 5.41) is 6.47. The van der Waals surface area contributed by atoms with Gasteiger partial charge < -0.3 is 5.32 Å². The molecule has 0 radical (unpaired) electrons. The summed E-state index contributed by atoms with van der Waals surface area (Å²) in [5.41, 5.74) is 0.180. The van der Waals surface area contributed by atoms with Crippen molar-refractivity contribution in [3.8, 4) is 0 Å². The fraction of sp³-hybridized carbons (Fsp3) is 0.0909. The number of halogens is 2. The molecule has 0 aliphatic rings. The lowest BCUT2D eigenvalue weighted by Gasteiger charge is -2.05. The zero-order valence-corrected chi connectivity index (χ0v) is 10.9. The molecule has 1 heterocycles. The van der Waals surface area contributed by atoms with Gasteiger partial charge in [0.2, 0.25) is 5.91 Å². The Kier molecular flexibility index (Phi) is 3.72. The quantitative estimate of drug-likeness (QED) is 0.868. The molecule has 0 aliphatic heterocycles. The number of nitrogens with one attached hydrogen (secondary N) is 1. The predicted octanol–water partition coefficient (Wildman–Crippen LogP) is 2.27. The summed E-state index contributed by atoms with van der Waals surface area (Å²) in [6.45, 7) is 0.0668. The van der Waals surface area contributed by atoms with Gasteiger partial charge in [-0.2, -0.15) is 5.10 Å². The molecule has 1 aromatic heterocycles. The molecule has 6 heteroatoms. The summed E-state index contributed by atoms with van der Waals surface area (Å²) >= 11 is 2.10. The molecule has 17 heavy (non-hydrogen) atoms. The molecule has 0 unspecified atom stereocenters. The number of aromatic nitrogens is 2. The van der Waals surface area contributed by atoms with Crippen LogP contribution in [0.15, 0.2) is 36.7 Å². The van der Waals surface area contributed by atoms with Gasteiger partial charge >= 0.3 is 0 Å². The van der Waals surface area contributed by atoms with Crippen molar-refractivity contribution in [2.75, 3.05) is 5.32 Å². The van der Waals surface area contributed by atoms with E-state index in [1.54, 1.807) is 24.5 Å². The van der Waals surface area contributed by atoms with E-state index in [2.05, 4.69) is 33.0 Å². The van der Waals surface area contributed by atoms with Crippen LogP contribution in [-0.2, 0) is 11.3 Å². The number of amides is 1. The lowest BCUT2D eigenvalue weighted by atomic mass is 10.3. The highest BCUT2D eigenvalue weighted by Crippen LogP contribution is 2.12. The van der Waals surface area contributed by atoms with E-state index in [-0.39, 0.29) is 18.1 Å². The Labute approximate surface area is 111 Å². The third-order valence-corrected chi connectivity index (χ3v) is 2.61. The predicted molar refractivity (Wildman–Crippen MR) is 70.0 cm³/mol. The molecular weight excluding hydrogens is 336 g/mol. The van der Waals surface area contributed by atoms with Crippen molar-refractivity contribution in [3.63, 3.8) is 0 Å². The number of para-hydroxylation sites is 1. The van der Waals surface area contributed by atoms with Gasteiger partial charge in [-0.1, -0.05) is 12.1 Å². The van der Waals surface area contributed by atoms with E-state index in [1.807, 2.05) is 0 Å². The summed E-state index contributed by atoms with van der Waals surface area (Å²) in [4.78, 5) is 11.6. The lowest BCUT2D eigenvalue weighted by molar-refractivity contribution is -0.116. The molecule has 1 amide bonds. The summed E-state index contributed by atoms with van der Waals surface area (Å²) in [7, 11) is 0. The second-order valence-corrected chi connectivity index (χ2v) is 4.63. The minimum absolute atomic E-state index is 0.0668. The molecule has 2 aromatic rings. The molecule has 88 valence electrons. The minimum atomic E-state index is -0.448. The van der Waals surface area contributed by atoms with Crippen LogP contribution in [0.5, 0.6) is 0 Å². The third kappa shape index (κ3) is 3.26.